The average Bonchev–Trinajstić information content (AvgIpc) is 3.16. The second kappa shape index (κ2) is 9.75. The second-order valence-corrected chi connectivity index (χ2v) is 9.01. The normalized spacial score (nSPS) is 11.5. The molecular formula is C26H27NO3S. The lowest BCUT2D eigenvalue weighted by atomic mass is 9.87. The molecule has 0 aliphatic rings. The molecule has 1 heterocycles. The Labute approximate surface area is 187 Å². The van der Waals surface area contributed by atoms with Gasteiger partial charge in [-0.05, 0) is 35.1 Å². The van der Waals surface area contributed by atoms with Gasteiger partial charge in [0.25, 0.3) is 0 Å². The quantitative estimate of drug-likeness (QED) is 0.355. The summed E-state index contributed by atoms with van der Waals surface area (Å²) in [6.07, 6.45) is 3.24. The molecule has 0 fully saturated rings. The van der Waals surface area contributed by atoms with E-state index in [0.29, 0.717) is 10.6 Å². The van der Waals surface area contributed by atoms with Crippen LogP contribution in [-0.4, -0.2) is 18.5 Å². The molecular weight excluding hydrogens is 406 g/mol. The molecule has 160 valence electrons. The summed E-state index contributed by atoms with van der Waals surface area (Å²) in [4.78, 5) is 25.2. The summed E-state index contributed by atoms with van der Waals surface area (Å²) in [6.45, 7) is 8.52. The summed E-state index contributed by atoms with van der Waals surface area (Å²) in [5, 5.41) is 5.19. The van der Waals surface area contributed by atoms with Crippen molar-refractivity contribution in [3.63, 3.8) is 0 Å². The highest BCUT2D eigenvalue weighted by Gasteiger charge is 2.22. The molecule has 3 rings (SSSR count). The Bertz CT molecular complexity index is 1070. The monoisotopic (exact) mass is 433 g/mol. The highest BCUT2D eigenvalue weighted by Crippen LogP contribution is 2.36. The molecule has 0 saturated carbocycles. The van der Waals surface area contributed by atoms with Crippen LogP contribution in [0.1, 0.15) is 49.2 Å². The zero-order chi connectivity index (χ0) is 22.4. The van der Waals surface area contributed by atoms with Crippen molar-refractivity contribution in [2.45, 2.75) is 33.1 Å². The summed E-state index contributed by atoms with van der Waals surface area (Å²) < 4.78 is 5.24. The third kappa shape index (κ3) is 5.70. The van der Waals surface area contributed by atoms with Gasteiger partial charge in [-0.1, -0.05) is 75.4 Å². The van der Waals surface area contributed by atoms with E-state index in [2.05, 4.69) is 38.2 Å². The number of nitrogens with one attached hydrogen (secondary N) is 1. The minimum absolute atomic E-state index is 0.0821. The van der Waals surface area contributed by atoms with Gasteiger partial charge in [-0.15, -0.1) is 11.3 Å². The van der Waals surface area contributed by atoms with Gasteiger partial charge in [-0.3, -0.25) is 4.79 Å². The number of anilines is 1. The third-order valence-corrected chi connectivity index (χ3v) is 5.69. The van der Waals surface area contributed by atoms with E-state index in [4.69, 9.17) is 4.74 Å². The molecule has 0 spiro atoms. The molecule has 4 nitrogen and oxygen atoms in total. The molecule has 31 heavy (non-hydrogen) atoms. The number of esters is 1. The average molecular weight is 434 g/mol. The number of thiophene rings is 1. The summed E-state index contributed by atoms with van der Waals surface area (Å²) in [5.74, 6) is -0.744. The predicted octanol–water partition coefficient (Wildman–Crippen LogP) is 6.54. The maximum Gasteiger partial charge on any atom is 0.341 e. The highest BCUT2D eigenvalue weighted by atomic mass is 32.1. The molecule has 1 amide bonds. The number of ether oxygens (including phenoxy) is 1. The van der Waals surface area contributed by atoms with Crippen LogP contribution in [0.4, 0.5) is 5.00 Å². The van der Waals surface area contributed by atoms with Crippen LogP contribution in [0.2, 0.25) is 0 Å². The van der Waals surface area contributed by atoms with Crippen LogP contribution in [0, 0.1) is 0 Å². The predicted molar refractivity (Wildman–Crippen MR) is 129 cm³/mol. The molecule has 0 radical (unpaired) electrons. The molecule has 5 heteroatoms. The van der Waals surface area contributed by atoms with Crippen LogP contribution < -0.4 is 5.32 Å². The first-order chi connectivity index (χ1) is 14.8. The molecule has 3 aromatic rings. The molecule has 1 aromatic heterocycles. The molecule has 2 aromatic carbocycles. The lowest BCUT2D eigenvalue weighted by Crippen LogP contribution is -2.12. The summed E-state index contributed by atoms with van der Waals surface area (Å²) in [5.41, 5.74) is 4.29. The van der Waals surface area contributed by atoms with E-state index in [1.165, 1.54) is 23.0 Å². The van der Waals surface area contributed by atoms with Crippen LogP contribution in [0.5, 0.6) is 0 Å². The van der Waals surface area contributed by atoms with Gasteiger partial charge in [0.05, 0.1) is 6.61 Å². The van der Waals surface area contributed by atoms with Gasteiger partial charge >= 0.3 is 5.97 Å². The van der Waals surface area contributed by atoms with Gasteiger partial charge in [0.2, 0.25) is 5.91 Å². The first kappa shape index (κ1) is 22.5. The van der Waals surface area contributed by atoms with Crippen molar-refractivity contribution < 1.29 is 14.3 Å². The first-order valence-corrected chi connectivity index (χ1v) is 11.1. The molecule has 0 unspecified atom stereocenters. The van der Waals surface area contributed by atoms with Crippen LogP contribution in [0.3, 0.4) is 0 Å². The number of hydrogen-bond acceptors (Lipinski definition) is 4. The van der Waals surface area contributed by atoms with Crippen molar-refractivity contribution in [3.05, 3.63) is 82.7 Å². The number of carbonyl (C=O) groups excluding carboxylic acids is 2. The van der Waals surface area contributed by atoms with Crippen LogP contribution in [0.25, 0.3) is 17.2 Å². The minimum atomic E-state index is -0.445. The maximum absolute atomic E-state index is 12.6. The van der Waals surface area contributed by atoms with Gasteiger partial charge in [-0.2, -0.15) is 0 Å². The Morgan fingerprint density at radius 3 is 2.32 bits per heavy atom. The van der Waals surface area contributed by atoms with Gasteiger partial charge in [-0.25, -0.2) is 4.79 Å². The van der Waals surface area contributed by atoms with Crippen LogP contribution in [0.15, 0.2) is 66.1 Å². The third-order valence-electron chi connectivity index (χ3n) is 4.80. The standard InChI is InChI=1S/C26H27NO3S/c1-5-30-25(29)23-21(19-9-7-6-8-10-19)17-31-24(23)27-22(28)16-13-18-11-14-20(15-12-18)26(2,3)4/h6-17H,5H2,1-4H3,(H,27,28)/b16-13+. The van der Waals surface area contributed by atoms with Gasteiger partial charge in [0, 0.05) is 17.0 Å². The molecule has 0 atom stereocenters. The fraction of sp³-hybridized carbons (Fsp3) is 0.231. The Morgan fingerprint density at radius 1 is 1.03 bits per heavy atom. The van der Waals surface area contributed by atoms with Crippen molar-refractivity contribution in [1.29, 1.82) is 0 Å². The topological polar surface area (TPSA) is 55.4 Å². The highest BCUT2D eigenvalue weighted by molar-refractivity contribution is 7.15. The summed E-state index contributed by atoms with van der Waals surface area (Å²) in [6, 6.07) is 17.7. The molecule has 0 aliphatic carbocycles. The van der Waals surface area contributed by atoms with Crippen molar-refractivity contribution in [2.24, 2.45) is 0 Å². The Kier molecular flexibility index (Phi) is 7.08. The van der Waals surface area contributed by atoms with Gasteiger partial charge in [0.15, 0.2) is 0 Å². The smallest absolute Gasteiger partial charge is 0.341 e. The van der Waals surface area contributed by atoms with E-state index >= 15 is 0 Å². The van der Waals surface area contributed by atoms with E-state index in [1.54, 1.807) is 13.0 Å². The SMILES string of the molecule is CCOC(=O)c1c(-c2ccccc2)csc1NC(=O)/C=C/c1ccc(C(C)(C)C)cc1. The second-order valence-electron chi connectivity index (χ2n) is 8.13. The molecule has 0 aliphatic heterocycles. The lowest BCUT2D eigenvalue weighted by molar-refractivity contribution is -0.111. The number of benzene rings is 2. The van der Waals surface area contributed by atoms with Crippen molar-refractivity contribution in [2.75, 3.05) is 11.9 Å². The number of amides is 1. The number of carbonyl (C=O) groups is 2. The van der Waals surface area contributed by atoms with Crippen molar-refractivity contribution >= 4 is 34.3 Å². The van der Waals surface area contributed by atoms with E-state index < -0.39 is 5.97 Å². The van der Waals surface area contributed by atoms with Gasteiger partial charge < -0.3 is 10.1 Å². The number of rotatable bonds is 6. The summed E-state index contributed by atoms with van der Waals surface area (Å²) >= 11 is 1.31. The van der Waals surface area contributed by atoms with E-state index in [1.807, 2.05) is 47.8 Å². The van der Waals surface area contributed by atoms with Crippen LogP contribution >= 0.6 is 11.3 Å². The molecule has 1 N–H and O–H groups in total. The van der Waals surface area contributed by atoms with E-state index in [0.717, 1.165) is 16.7 Å². The number of hydrogen-bond donors (Lipinski definition) is 1. The minimum Gasteiger partial charge on any atom is -0.462 e. The van der Waals surface area contributed by atoms with E-state index in [9.17, 15) is 9.59 Å². The van der Waals surface area contributed by atoms with E-state index in [-0.39, 0.29) is 17.9 Å². The van der Waals surface area contributed by atoms with Crippen LogP contribution in [-0.2, 0) is 14.9 Å². The Balaban J connectivity index is 1.80. The largest absolute Gasteiger partial charge is 0.462 e. The lowest BCUT2D eigenvalue weighted by Gasteiger charge is -2.18. The first-order valence-electron chi connectivity index (χ1n) is 10.2. The molecule has 0 saturated heterocycles. The maximum atomic E-state index is 12.6. The zero-order valence-corrected chi connectivity index (χ0v) is 19.1. The zero-order valence-electron chi connectivity index (χ0n) is 18.3. The van der Waals surface area contributed by atoms with Crippen molar-refractivity contribution in [1.82, 2.24) is 0 Å². The van der Waals surface area contributed by atoms with Crippen molar-refractivity contribution in [3.8, 4) is 11.1 Å². The summed E-state index contributed by atoms with van der Waals surface area (Å²) in [7, 11) is 0. The fourth-order valence-electron chi connectivity index (χ4n) is 3.11. The Morgan fingerprint density at radius 2 is 1.71 bits per heavy atom. The Hall–Kier alpha value is -3.18. The molecule has 0 bridgehead atoms. The fourth-order valence-corrected chi connectivity index (χ4v) is 4.07. The van der Waals surface area contributed by atoms with Gasteiger partial charge in [0.1, 0.15) is 10.6 Å².